The van der Waals surface area contributed by atoms with Crippen molar-refractivity contribution in [1.29, 1.82) is 0 Å². The number of benzene rings is 2. The minimum absolute atomic E-state index is 0.00349. The van der Waals surface area contributed by atoms with E-state index < -0.39 is 15.9 Å². The molecule has 0 radical (unpaired) electrons. The average Bonchev–Trinajstić information content (AvgIpc) is 3.14. The summed E-state index contributed by atoms with van der Waals surface area (Å²) in [7, 11) is -2.39. The number of halogens is 1. The Balaban J connectivity index is 1.55. The van der Waals surface area contributed by atoms with Crippen molar-refractivity contribution in [2.24, 2.45) is 0 Å². The van der Waals surface area contributed by atoms with Gasteiger partial charge in [-0.05, 0) is 30.3 Å². The lowest BCUT2D eigenvalue weighted by Gasteiger charge is -2.26. The first kappa shape index (κ1) is 22.8. The molecule has 1 amide bonds. The Morgan fingerprint density at radius 1 is 1.22 bits per heavy atom. The molecule has 0 spiro atoms. The van der Waals surface area contributed by atoms with Crippen molar-refractivity contribution in [1.82, 2.24) is 4.31 Å². The van der Waals surface area contributed by atoms with Crippen molar-refractivity contribution in [2.75, 3.05) is 38.7 Å². The molecule has 0 atom stereocenters. The number of hydrogen-bond acceptors (Lipinski definition) is 6. The normalized spacial score (nSPS) is 15.3. The number of carbonyl (C=O) groups excluding carboxylic acids is 1. The maximum atomic E-state index is 13.1. The quantitative estimate of drug-likeness (QED) is 0.520. The summed E-state index contributed by atoms with van der Waals surface area (Å²) in [6, 6.07) is 12.3. The number of amides is 1. The number of methoxy groups -OCH3 is 1. The van der Waals surface area contributed by atoms with E-state index in [4.69, 9.17) is 21.1 Å². The van der Waals surface area contributed by atoms with Gasteiger partial charge in [-0.15, -0.1) is 11.3 Å². The molecule has 4 rings (SSSR count). The molecular weight excluding hydrogens is 472 g/mol. The summed E-state index contributed by atoms with van der Waals surface area (Å²) in [5.74, 6) is -0.194. The first-order valence-corrected chi connectivity index (χ1v) is 12.5. The van der Waals surface area contributed by atoms with Crippen LogP contribution in [0.4, 0.5) is 5.69 Å². The second-order valence-electron chi connectivity index (χ2n) is 6.98. The van der Waals surface area contributed by atoms with Crippen LogP contribution < -0.4 is 10.1 Å². The van der Waals surface area contributed by atoms with Gasteiger partial charge in [-0.25, -0.2) is 8.42 Å². The van der Waals surface area contributed by atoms with Crippen LogP contribution in [-0.4, -0.2) is 52.0 Å². The van der Waals surface area contributed by atoms with Gasteiger partial charge >= 0.3 is 0 Å². The predicted octanol–water partition coefficient (Wildman–Crippen LogP) is 4.24. The summed E-state index contributed by atoms with van der Waals surface area (Å²) in [6.07, 6.45) is 3.02. The van der Waals surface area contributed by atoms with Crippen LogP contribution in [-0.2, 0) is 19.6 Å². The lowest BCUT2D eigenvalue weighted by molar-refractivity contribution is -0.111. The third-order valence-corrected chi connectivity index (χ3v) is 8.54. The van der Waals surface area contributed by atoms with E-state index in [1.807, 2.05) is 24.3 Å². The average molecular weight is 493 g/mol. The Kier molecular flexibility index (Phi) is 6.82. The van der Waals surface area contributed by atoms with E-state index in [0.29, 0.717) is 23.9 Å². The van der Waals surface area contributed by atoms with Crippen LogP contribution in [0, 0.1) is 0 Å². The number of rotatable bonds is 6. The van der Waals surface area contributed by atoms with Gasteiger partial charge in [-0.3, -0.25) is 4.79 Å². The number of morpholine rings is 1. The molecule has 0 bridgehead atoms. The zero-order valence-corrected chi connectivity index (χ0v) is 19.6. The summed E-state index contributed by atoms with van der Waals surface area (Å²) in [5, 5.41) is 4.24. The highest BCUT2D eigenvalue weighted by molar-refractivity contribution is 7.89. The summed E-state index contributed by atoms with van der Waals surface area (Å²) < 4.78 is 39.1. The SMILES string of the molecule is COc1ccc(NC(=O)/C=C/c2sc3ccccc3c2Cl)cc1S(=O)(=O)N1CCOCC1. The van der Waals surface area contributed by atoms with Crippen molar-refractivity contribution >= 4 is 60.7 Å². The number of anilines is 1. The Bertz CT molecular complexity index is 1280. The molecule has 7 nitrogen and oxygen atoms in total. The van der Waals surface area contributed by atoms with Crippen LogP contribution in [0.1, 0.15) is 4.88 Å². The standard InChI is InChI=1S/C22H21ClN2O5S2/c1-29-17-7-6-15(14-20(17)32(27,28)25-10-12-30-13-11-25)24-21(26)9-8-19-22(23)16-4-2-3-5-18(16)31-19/h2-9,14H,10-13H2,1H3,(H,24,26)/b9-8+. The minimum Gasteiger partial charge on any atom is -0.495 e. The van der Waals surface area contributed by atoms with Crippen molar-refractivity contribution in [3.63, 3.8) is 0 Å². The van der Waals surface area contributed by atoms with E-state index in [9.17, 15) is 13.2 Å². The maximum Gasteiger partial charge on any atom is 0.248 e. The zero-order chi connectivity index (χ0) is 22.7. The molecule has 0 saturated carbocycles. The van der Waals surface area contributed by atoms with Crippen molar-refractivity contribution in [2.45, 2.75) is 4.90 Å². The fourth-order valence-electron chi connectivity index (χ4n) is 3.36. The highest BCUT2D eigenvalue weighted by Gasteiger charge is 2.29. The van der Waals surface area contributed by atoms with E-state index in [0.717, 1.165) is 15.0 Å². The van der Waals surface area contributed by atoms with Gasteiger partial charge in [-0.2, -0.15) is 4.31 Å². The topological polar surface area (TPSA) is 84.9 Å². The number of nitrogens with zero attached hydrogens (tertiary/aromatic N) is 1. The van der Waals surface area contributed by atoms with E-state index in [1.165, 1.54) is 41.0 Å². The van der Waals surface area contributed by atoms with Gasteiger partial charge in [-0.1, -0.05) is 29.8 Å². The molecule has 1 aliphatic heterocycles. The van der Waals surface area contributed by atoms with Gasteiger partial charge in [0.05, 0.1) is 25.3 Å². The molecule has 0 aliphatic carbocycles. The van der Waals surface area contributed by atoms with Crippen LogP contribution >= 0.6 is 22.9 Å². The third-order valence-electron chi connectivity index (χ3n) is 4.96. The van der Waals surface area contributed by atoms with Gasteiger partial charge in [0, 0.05) is 39.8 Å². The molecular formula is C22H21ClN2O5S2. The van der Waals surface area contributed by atoms with Crippen molar-refractivity contribution in [3.8, 4) is 5.75 Å². The van der Waals surface area contributed by atoms with Crippen LogP contribution in [0.5, 0.6) is 5.75 Å². The lowest BCUT2D eigenvalue weighted by Crippen LogP contribution is -2.40. The van der Waals surface area contributed by atoms with Gasteiger partial charge in [0.15, 0.2) is 0 Å². The van der Waals surface area contributed by atoms with Crippen LogP contribution in [0.2, 0.25) is 5.02 Å². The molecule has 1 saturated heterocycles. The summed E-state index contributed by atoms with van der Waals surface area (Å²) >= 11 is 7.90. The smallest absolute Gasteiger partial charge is 0.248 e. The Morgan fingerprint density at radius 2 is 1.97 bits per heavy atom. The van der Waals surface area contributed by atoms with Gasteiger partial charge in [0.1, 0.15) is 10.6 Å². The molecule has 2 heterocycles. The lowest BCUT2D eigenvalue weighted by atomic mass is 10.2. The first-order chi connectivity index (χ1) is 15.4. The number of carbonyl (C=O) groups is 1. The van der Waals surface area contributed by atoms with E-state index >= 15 is 0 Å². The zero-order valence-electron chi connectivity index (χ0n) is 17.2. The summed E-state index contributed by atoms with van der Waals surface area (Å²) in [5.41, 5.74) is 0.342. The van der Waals surface area contributed by atoms with Crippen LogP contribution in [0.15, 0.2) is 53.4 Å². The summed E-state index contributed by atoms with van der Waals surface area (Å²) in [4.78, 5) is 13.3. The first-order valence-electron chi connectivity index (χ1n) is 9.82. The third kappa shape index (κ3) is 4.67. The molecule has 32 heavy (non-hydrogen) atoms. The molecule has 0 unspecified atom stereocenters. The minimum atomic E-state index is -3.80. The largest absolute Gasteiger partial charge is 0.495 e. The number of nitrogens with one attached hydrogen (secondary N) is 1. The number of thiophene rings is 1. The fraction of sp³-hybridized carbons (Fsp3) is 0.227. The Morgan fingerprint density at radius 3 is 2.69 bits per heavy atom. The second-order valence-corrected chi connectivity index (χ2v) is 10.3. The predicted molar refractivity (Wildman–Crippen MR) is 127 cm³/mol. The summed E-state index contributed by atoms with van der Waals surface area (Å²) in [6.45, 7) is 1.20. The van der Waals surface area contributed by atoms with E-state index in [-0.39, 0.29) is 23.7 Å². The van der Waals surface area contributed by atoms with Crippen LogP contribution in [0.3, 0.4) is 0 Å². The van der Waals surface area contributed by atoms with Crippen LogP contribution in [0.25, 0.3) is 16.2 Å². The second kappa shape index (κ2) is 9.60. The monoisotopic (exact) mass is 492 g/mol. The highest BCUT2D eigenvalue weighted by atomic mass is 35.5. The van der Waals surface area contributed by atoms with Crippen molar-refractivity contribution < 1.29 is 22.7 Å². The molecule has 1 aromatic heterocycles. The number of hydrogen-bond donors (Lipinski definition) is 1. The molecule has 1 fully saturated rings. The van der Waals surface area contributed by atoms with Crippen molar-refractivity contribution in [3.05, 3.63) is 58.4 Å². The van der Waals surface area contributed by atoms with Gasteiger partial charge in [0.25, 0.3) is 0 Å². The maximum absolute atomic E-state index is 13.1. The van der Waals surface area contributed by atoms with E-state index in [1.54, 1.807) is 12.1 Å². The number of sulfonamides is 1. The van der Waals surface area contributed by atoms with E-state index in [2.05, 4.69) is 5.32 Å². The Labute approximate surface area is 195 Å². The molecule has 2 aromatic carbocycles. The Hall–Kier alpha value is -2.43. The number of ether oxygens (including phenoxy) is 2. The molecule has 1 N–H and O–H groups in total. The fourth-order valence-corrected chi connectivity index (χ4v) is 6.35. The molecule has 3 aromatic rings. The molecule has 168 valence electrons. The van der Waals surface area contributed by atoms with Gasteiger partial charge in [0.2, 0.25) is 15.9 Å². The highest BCUT2D eigenvalue weighted by Crippen LogP contribution is 2.36. The van der Waals surface area contributed by atoms with Gasteiger partial charge < -0.3 is 14.8 Å². The molecule has 1 aliphatic rings. The number of fused-ring (bicyclic) bond motifs is 1. The molecule has 10 heteroatoms.